The van der Waals surface area contributed by atoms with Crippen LogP contribution in [0.3, 0.4) is 0 Å². The lowest BCUT2D eigenvalue weighted by Gasteiger charge is -2.25. The molecule has 0 bridgehead atoms. The van der Waals surface area contributed by atoms with Gasteiger partial charge in [-0.05, 0) is 18.1 Å². The van der Waals surface area contributed by atoms with E-state index >= 15 is 0 Å². The van der Waals surface area contributed by atoms with E-state index in [2.05, 4.69) is 5.32 Å². The van der Waals surface area contributed by atoms with E-state index in [9.17, 15) is 26.4 Å². The number of benzene rings is 1. The summed E-state index contributed by atoms with van der Waals surface area (Å²) in [5, 5.41) is 2.49. The summed E-state index contributed by atoms with van der Waals surface area (Å²) >= 11 is 0. The fourth-order valence-corrected chi connectivity index (χ4v) is 2.68. The van der Waals surface area contributed by atoms with Gasteiger partial charge < -0.3 is 5.32 Å². The number of nitrogens with zero attached hydrogens (tertiary/aromatic N) is 1. The highest BCUT2D eigenvalue weighted by molar-refractivity contribution is 7.92. The minimum absolute atomic E-state index is 0.132. The molecular formula is C14H19F3N2O3S. The van der Waals surface area contributed by atoms with Crippen molar-refractivity contribution in [2.75, 3.05) is 23.7 Å². The molecule has 0 saturated carbocycles. The number of hydrogen-bond donors (Lipinski definition) is 1. The van der Waals surface area contributed by atoms with Crippen molar-refractivity contribution in [1.29, 1.82) is 0 Å². The molecule has 0 aromatic heterocycles. The summed E-state index contributed by atoms with van der Waals surface area (Å²) in [6.07, 6.45) is -3.97. The first-order valence-corrected chi connectivity index (χ1v) is 8.68. The zero-order valence-electron chi connectivity index (χ0n) is 13.0. The predicted octanol–water partition coefficient (Wildman–Crippen LogP) is 2.24. The minimum atomic E-state index is -4.73. The largest absolute Gasteiger partial charge is 0.418 e. The first-order valence-electron chi connectivity index (χ1n) is 6.83. The molecule has 0 fully saturated rings. The quantitative estimate of drug-likeness (QED) is 0.854. The zero-order valence-corrected chi connectivity index (χ0v) is 13.8. The highest BCUT2D eigenvalue weighted by Crippen LogP contribution is 2.37. The Bertz CT molecular complexity index is 657. The van der Waals surface area contributed by atoms with Gasteiger partial charge in [-0.25, -0.2) is 8.42 Å². The number of anilines is 1. The third-order valence-corrected chi connectivity index (χ3v) is 4.00. The number of carbonyl (C=O) groups is 1. The predicted molar refractivity (Wildman–Crippen MR) is 81.5 cm³/mol. The Kier molecular flexibility index (Phi) is 6.04. The van der Waals surface area contributed by atoms with Gasteiger partial charge in [0.2, 0.25) is 15.9 Å². The standard InChI is InChI=1S/C14H19F3N2O3S/c1-10(2)8-18-13(20)9-19(23(3,21)22)12-7-5-4-6-11(12)14(15,16)17/h4-7,10H,8-9H2,1-3H3,(H,18,20). The summed E-state index contributed by atoms with van der Waals surface area (Å²) < 4.78 is 63.4. The average Bonchev–Trinajstić information content (AvgIpc) is 2.40. The van der Waals surface area contributed by atoms with Crippen LogP contribution in [0.4, 0.5) is 18.9 Å². The van der Waals surface area contributed by atoms with Gasteiger partial charge in [0.15, 0.2) is 0 Å². The van der Waals surface area contributed by atoms with Gasteiger partial charge in [-0.2, -0.15) is 13.2 Å². The average molecular weight is 352 g/mol. The van der Waals surface area contributed by atoms with E-state index < -0.39 is 39.9 Å². The third kappa shape index (κ3) is 5.74. The van der Waals surface area contributed by atoms with Crippen molar-refractivity contribution in [3.63, 3.8) is 0 Å². The van der Waals surface area contributed by atoms with Crippen LogP contribution >= 0.6 is 0 Å². The molecule has 1 N–H and O–H groups in total. The van der Waals surface area contributed by atoms with Gasteiger partial charge in [0.05, 0.1) is 17.5 Å². The number of halogens is 3. The first kappa shape index (κ1) is 19.3. The van der Waals surface area contributed by atoms with Gasteiger partial charge >= 0.3 is 6.18 Å². The number of carbonyl (C=O) groups excluding carboxylic acids is 1. The van der Waals surface area contributed by atoms with Crippen molar-refractivity contribution >= 4 is 21.6 Å². The van der Waals surface area contributed by atoms with Gasteiger partial charge in [0.25, 0.3) is 0 Å². The van der Waals surface area contributed by atoms with E-state index in [0.717, 1.165) is 24.5 Å². The Balaban J connectivity index is 3.18. The number of amides is 1. The molecule has 0 saturated heterocycles. The summed E-state index contributed by atoms with van der Waals surface area (Å²) in [7, 11) is -4.06. The molecule has 0 atom stereocenters. The van der Waals surface area contributed by atoms with Gasteiger partial charge in [0, 0.05) is 6.54 Å². The van der Waals surface area contributed by atoms with Gasteiger partial charge in [-0.1, -0.05) is 26.0 Å². The maximum Gasteiger partial charge on any atom is 0.418 e. The number of sulfonamides is 1. The molecule has 0 aliphatic rings. The topological polar surface area (TPSA) is 66.5 Å². The van der Waals surface area contributed by atoms with E-state index in [1.54, 1.807) is 0 Å². The Morgan fingerprint density at radius 2 is 1.83 bits per heavy atom. The molecule has 0 aliphatic carbocycles. The Morgan fingerprint density at radius 3 is 2.30 bits per heavy atom. The molecule has 9 heteroatoms. The summed E-state index contributed by atoms with van der Waals surface area (Å²) in [5.74, 6) is -0.533. The number of nitrogens with one attached hydrogen (secondary N) is 1. The van der Waals surface area contributed by atoms with E-state index in [4.69, 9.17) is 0 Å². The van der Waals surface area contributed by atoms with Gasteiger partial charge in [0.1, 0.15) is 6.54 Å². The second kappa shape index (κ2) is 7.20. The second-order valence-corrected chi connectivity index (χ2v) is 7.39. The zero-order chi connectivity index (χ0) is 17.8. The Labute approximate surface area is 133 Å². The molecule has 0 aliphatic heterocycles. The minimum Gasteiger partial charge on any atom is -0.354 e. The number of hydrogen-bond acceptors (Lipinski definition) is 3. The number of para-hydroxylation sites is 1. The van der Waals surface area contributed by atoms with Crippen LogP contribution in [0.15, 0.2) is 24.3 Å². The van der Waals surface area contributed by atoms with Crippen molar-refractivity contribution in [2.24, 2.45) is 5.92 Å². The van der Waals surface area contributed by atoms with Crippen LogP contribution in [-0.4, -0.2) is 33.7 Å². The second-order valence-electron chi connectivity index (χ2n) is 5.48. The fraction of sp³-hybridized carbons (Fsp3) is 0.500. The maximum absolute atomic E-state index is 13.1. The Hall–Kier alpha value is -1.77. The first-order chi connectivity index (χ1) is 10.4. The summed E-state index contributed by atoms with van der Waals surface area (Å²) in [5.41, 5.74) is -1.68. The molecule has 1 amide bonds. The van der Waals surface area contributed by atoms with E-state index in [1.807, 2.05) is 13.8 Å². The van der Waals surface area contributed by atoms with Crippen LogP contribution in [0.2, 0.25) is 0 Å². The summed E-state index contributed by atoms with van der Waals surface area (Å²) in [6.45, 7) is 3.27. The van der Waals surface area contributed by atoms with E-state index in [-0.39, 0.29) is 5.92 Å². The van der Waals surface area contributed by atoms with E-state index in [0.29, 0.717) is 10.8 Å². The number of rotatable bonds is 6. The molecule has 1 aromatic carbocycles. The fourth-order valence-electron chi connectivity index (χ4n) is 1.82. The lowest BCUT2D eigenvalue weighted by atomic mass is 10.1. The molecule has 23 heavy (non-hydrogen) atoms. The van der Waals surface area contributed by atoms with Crippen molar-refractivity contribution in [3.8, 4) is 0 Å². The van der Waals surface area contributed by atoms with Gasteiger partial charge in [-0.3, -0.25) is 9.10 Å². The van der Waals surface area contributed by atoms with Crippen molar-refractivity contribution in [1.82, 2.24) is 5.32 Å². The molecule has 130 valence electrons. The summed E-state index contributed by atoms with van der Waals surface area (Å²) in [6, 6.07) is 4.25. The maximum atomic E-state index is 13.1. The monoisotopic (exact) mass is 352 g/mol. The lowest BCUT2D eigenvalue weighted by molar-refractivity contribution is -0.137. The highest BCUT2D eigenvalue weighted by Gasteiger charge is 2.36. The molecule has 1 rings (SSSR count). The van der Waals surface area contributed by atoms with Crippen molar-refractivity contribution in [3.05, 3.63) is 29.8 Å². The molecule has 0 unspecified atom stereocenters. The molecule has 1 aromatic rings. The molecular weight excluding hydrogens is 333 g/mol. The van der Waals surface area contributed by atoms with Crippen LogP contribution in [0.1, 0.15) is 19.4 Å². The molecule has 5 nitrogen and oxygen atoms in total. The van der Waals surface area contributed by atoms with Crippen LogP contribution < -0.4 is 9.62 Å². The molecule has 0 spiro atoms. The normalized spacial score (nSPS) is 12.3. The smallest absolute Gasteiger partial charge is 0.354 e. The molecule has 0 heterocycles. The number of alkyl halides is 3. The SMILES string of the molecule is CC(C)CNC(=O)CN(c1ccccc1C(F)(F)F)S(C)(=O)=O. The van der Waals surface area contributed by atoms with Crippen molar-refractivity contribution in [2.45, 2.75) is 20.0 Å². The van der Waals surface area contributed by atoms with Crippen LogP contribution in [0.25, 0.3) is 0 Å². The van der Waals surface area contributed by atoms with Gasteiger partial charge in [-0.15, -0.1) is 0 Å². The van der Waals surface area contributed by atoms with Crippen LogP contribution in [0.5, 0.6) is 0 Å². The van der Waals surface area contributed by atoms with Crippen LogP contribution in [-0.2, 0) is 21.0 Å². The van der Waals surface area contributed by atoms with Crippen LogP contribution in [0, 0.1) is 5.92 Å². The molecule has 0 radical (unpaired) electrons. The third-order valence-electron chi connectivity index (χ3n) is 2.87. The summed E-state index contributed by atoms with van der Waals surface area (Å²) in [4.78, 5) is 11.8. The van der Waals surface area contributed by atoms with E-state index in [1.165, 1.54) is 6.07 Å². The van der Waals surface area contributed by atoms with Crippen molar-refractivity contribution < 1.29 is 26.4 Å². The Morgan fingerprint density at radius 1 is 1.26 bits per heavy atom. The highest BCUT2D eigenvalue weighted by atomic mass is 32.2. The lowest BCUT2D eigenvalue weighted by Crippen LogP contribution is -2.42.